The Labute approximate surface area is 151 Å². The summed E-state index contributed by atoms with van der Waals surface area (Å²) in [7, 11) is 0. The van der Waals surface area contributed by atoms with E-state index in [1.807, 2.05) is 13.8 Å². The van der Waals surface area contributed by atoms with Gasteiger partial charge in [0.1, 0.15) is 5.75 Å². The number of para-hydroxylation sites is 1. The Kier molecular flexibility index (Phi) is 6.76. The molecule has 0 aliphatic carbocycles. The zero-order valence-corrected chi connectivity index (χ0v) is 14.8. The molecule has 0 spiro atoms. The first-order valence-corrected chi connectivity index (χ1v) is 8.63. The number of carbonyl (C=O) groups excluding carboxylic acids is 1. The van der Waals surface area contributed by atoms with Gasteiger partial charge in [0.2, 0.25) is 0 Å². The van der Waals surface area contributed by atoms with Crippen LogP contribution in [0.1, 0.15) is 38.3 Å². The molecule has 8 heteroatoms. The van der Waals surface area contributed by atoms with Crippen LogP contribution in [-0.4, -0.2) is 41.7 Å². The zero-order chi connectivity index (χ0) is 19.3. The molecule has 1 aliphatic rings. The predicted octanol–water partition coefficient (Wildman–Crippen LogP) is 3.49. The molecule has 3 atom stereocenters. The third kappa shape index (κ3) is 5.06. The molecule has 3 unspecified atom stereocenters. The number of likely N-dealkylation sites (tertiary alicyclic amines) is 1. The number of alkyl halides is 2. The van der Waals surface area contributed by atoms with Crippen LogP contribution in [0.3, 0.4) is 0 Å². The van der Waals surface area contributed by atoms with Crippen molar-refractivity contribution >= 4 is 12.0 Å². The first kappa shape index (κ1) is 19.9. The van der Waals surface area contributed by atoms with Gasteiger partial charge in [0.25, 0.3) is 0 Å². The molecule has 2 N–H and O–H groups in total. The number of nitrogens with zero attached hydrogens (tertiary/aromatic N) is 1. The summed E-state index contributed by atoms with van der Waals surface area (Å²) in [6.45, 7) is 1.36. The molecular formula is C18H24F2N2O4. The Morgan fingerprint density at radius 3 is 2.65 bits per heavy atom. The number of carboxylic acid groups (broad SMARTS) is 1. The third-order valence-electron chi connectivity index (χ3n) is 4.51. The molecule has 1 aromatic carbocycles. The highest BCUT2D eigenvalue weighted by Gasteiger charge is 2.32. The average molecular weight is 370 g/mol. The van der Waals surface area contributed by atoms with Crippen LogP contribution < -0.4 is 10.1 Å². The summed E-state index contributed by atoms with van der Waals surface area (Å²) in [6.07, 6.45) is 1.00. The van der Waals surface area contributed by atoms with E-state index in [1.54, 1.807) is 18.2 Å². The van der Waals surface area contributed by atoms with Crippen LogP contribution in [0.15, 0.2) is 24.3 Å². The Morgan fingerprint density at radius 1 is 1.35 bits per heavy atom. The molecule has 1 aliphatic heterocycles. The summed E-state index contributed by atoms with van der Waals surface area (Å²) in [4.78, 5) is 25.4. The van der Waals surface area contributed by atoms with Crippen LogP contribution in [0, 0.1) is 11.8 Å². The van der Waals surface area contributed by atoms with Crippen molar-refractivity contribution in [3.63, 3.8) is 0 Å². The van der Waals surface area contributed by atoms with Gasteiger partial charge >= 0.3 is 18.6 Å². The van der Waals surface area contributed by atoms with E-state index >= 15 is 0 Å². The van der Waals surface area contributed by atoms with Crippen LogP contribution >= 0.6 is 0 Å². The summed E-state index contributed by atoms with van der Waals surface area (Å²) < 4.78 is 29.8. The highest BCUT2D eigenvalue weighted by molar-refractivity contribution is 5.77. The van der Waals surface area contributed by atoms with Gasteiger partial charge in [0, 0.05) is 18.7 Å². The lowest BCUT2D eigenvalue weighted by Crippen LogP contribution is -2.50. The number of rotatable bonds is 6. The van der Waals surface area contributed by atoms with Gasteiger partial charge in [0.15, 0.2) is 0 Å². The fraction of sp³-hybridized carbons (Fsp3) is 0.556. The molecule has 1 saturated heterocycles. The highest BCUT2D eigenvalue weighted by atomic mass is 19.3. The average Bonchev–Trinajstić information content (AvgIpc) is 2.59. The van der Waals surface area contributed by atoms with Gasteiger partial charge in [-0.1, -0.05) is 32.0 Å². The first-order chi connectivity index (χ1) is 12.3. The molecule has 0 aromatic heterocycles. The van der Waals surface area contributed by atoms with Gasteiger partial charge < -0.3 is 20.1 Å². The number of hydrogen-bond acceptors (Lipinski definition) is 3. The second-order valence-corrected chi connectivity index (χ2v) is 6.61. The van der Waals surface area contributed by atoms with E-state index in [-0.39, 0.29) is 18.2 Å². The van der Waals surface area contributed by atoms with Crippen molar-refractivity contribution in [2.24, 2.45) is 11.8 Å². The zero-order valence-electron chi connectivity index (χ0n) is 14.8. The monoisotopic (exact) mass is 370 g/mol. The summed E-state index contributed by atoms with van der Waals surface area (Å²) >= 11 is 0. The molecule has 144 valence electrons. The van der Waals surface area contributed by atoms with Gasteiger partial charge in [0.05, 0.1) is 12.0 Å². The quantitative estimate of drug-likeness (QED) is 0.803. The number of aliphatic carboxylic acids is 1. The molecule has 6 nitrogen and oxygen atoms in total. The fourth-order valence-corrected chi connectivity index (χ4v) is 3.31. The number of urea groups is 1. The van der Waals surface area contributed by atoms with Crippen molar-refractivity contribution in [1.29, 1.82) is 0 Å². The Balaban J connectivity index is 2.12. The van der Waals surface area contributed by atoms with Crippen molar-refractivity contribution < 1.29 is 28.2 Å². The largest absolute Gasteiger partial charge is 0.481 e. The second-order valence-electron chi connectivity index (χ2n) is 6.61. The van der Waals surface area contributed by atoms with Gasteiger partial charge in [-0.3, -0.25) is 4.79 Å². The van der Waals surface area contributed by atoms with Crippen LogP contribution in [-0.2, 0) is 4.79 Å². The summed E-state index contributed by atoms with van der Waals surface area (Å²) in [6, 6.07) is 5.41. The number of carboxylic acids is 1. The maximum atomic E-state index is 12.6. The smallest absolute Gasteiger partial charge is 0.387 e. The number of halogens is 2. The third-order valence-corrected chi connectivity index (χ3v) is 4.51. The van der Waals surface area contributed by atoms with Crippen molar-refractivity contribution in [1.82, 2.24) is 10.2 Å². The van der Waals surface area contributed by atoms with Gasteiger partial charge in [-0.15, -0.1) is 0 Å². The summed E-state index contributed by atoms with van der Waals surface area (Å²) in [5.41, 5.74) is 0.462. The number of ether oxygens (including phenoxy) is 1. The molecule has 0 saturated carbocycles. The Hall–Kier alpha value is -2.38. The standard InChI is InChI=1S/C18H24F2N2O4/c1-3-14(13-6-4-5-7-15(13)26-17(19)20)21-18(25)22-9-11(2)8-12(10-22)16(23)24/h4-7,11-12,14,17H,3,8-10H2,1-2H3,(H,21,25)(H,23,24). The minimum atomic E-state index is -2.95. The van der Waals surface area contributed by atoms with E-state index < -0.39 is 30.6 Å². The normalized spacial score (nSPS) is 21.3. The van der Waals surface area contributed by atoms with Crippen molar-refractivity contribution in [3.8, 4) is 5.75 Å². The lowest BCUT2D eigenvalue weighted by molar-refractivity contribution is -0.143. The van der Waals surface area contributed by atoms with Crippen molar-refractivity contribution in [3.05, 3.63) is 29.8 Å². The molecule has 0 radical (unpaired) electrons. The number of hydrogen-bond donors (Lipinski definition) is 2. The number of carbonyl (C=O) groups is 2. The van der Waals surface area contributed by atoms with E-state index in [2.05, 4.69) is 10.1 Å². The maximum absolute atomic E-state index is 12.6. The van der Waals surface area contributed by atoms with Crippen LogP contribution in [0.5, 0.6) is 5.75 Å². The molecule has 0 bridgehead atoms. The van der Waals surface area contributed by atoms with Gasteiger partial charge in [-0.05, 0) is 24.8 Å². The summed E-state index contributed by atoms with van der Waals surface area (Å²) in [5.74, 6) is -1.42. The van der Waals surface area contributed by atoms with E-state index in [4.69, 9.17) is 0 Å². The lowest BCUT2D eigenvalue weighted by atomic mass is 9.91. The van der Waals surface area contributed by atoms with Gasteiger partial charge in [-0.25, -0.2) is 4.79 Å². The molecular weight excluding hydrogens is 346 g/mol. The number of piperidine rings is 1. The van der Waals surface area contributed by atoms with Crippen molar-refractivity contribution in [2.75, 3.05) is 13.1 Å². The number of amides is 2. The van der Waals surface area contributed by atoms with E-state index in [1.165, 1.54) is 11.0 Å². The number of nitrogens with one attached hydrogen (secondary N) is 1. The predicted molar refractivity (Wildman–Crippen MR) is 91.1 cm³/mol. The van der Waals surface area contributed by atoms with Gasteiger partial charge in [-0.2, -0.15) is 8.78 Å². The molecule has 1 heterocycles. The Bertz CT molecular complexity index is 641. The van der Waals surface area contributed by atoms with Crippen LogP contribution in [0.25, 0.3) is 0 Å². The number of benzene rings is 1. The molecule has 1 aromatic rings. The highest BCUT2D eigenvalue weighted by Crippen LogP contribution is 2.29. The topological polar surface area (TPSA) is 78.9 Å². The van der Waals surface area contributed by atoms with Crippen LogP contribution in [0.4, 0.5) is 13.6 Å². The van der Waals surface area contributed by atoms with Crippen molar-refractivity contribution in [2.45, 2.75) is 39.3 Å². The van der Waals surface area contributed by atoms with E-state index in [9.17, 15) is 23.5 Å². The van der Waals surface area contributed by atoms with E-state index in [0.717, 1.165) is 0 Å². The fourth-order valence-electron chi connectivity index (χ4n) is 3.31. The molecule has 2 amide bonds. The molecule has 2 rings (SSSR count). The van der Waals surface area contributed by atoms with Crippen LogP contribution in [0.2, 0.25) is 0 Å². The Morgan fingerprint density at radius 2 is 2.04 bits per heavy atom. The minimum absolute atomic E-state index is 0.0186. The SMILES string of the molecule is CCC(NC(=O)N1CC(C)CC(C(=O)O)C1)c1ccccc1OC(F)F. The lowest BCUT2D eigenvalue weighted by Gasteiger charge is -2.35. The second kappa shape index (κ2) is 8.82. The first-order valence-electron chi connectivity index (χ1n) is 8.63. The molecule has 1 fully saturated rings. The maximum Gasteiger partial charge on any atom is 0.387 e. The summed E-state index contributed by atoms with van der Waals surface area (Å²) in [5, 5.41) is 12.1. The molecule has 26 heavy (non-hydrogen) atoms. The van der Waals surface area contributed by atoms with E-state index in [0.29, 0.717) is 24.9 Å². The minimum Gasteiger partial charge on any atom is -0.481 e.